The van der Waals surface area contributed by atoms with Crippen LogP contribution in [0.5, 0.6) is 5.75 Å². The van der Waals surface area contributed by atoms with Gasteiger partial charge in [0.25, 0.3) is 0 Å². The van der Waals surface area contributed by atoms with Gasteiger partial charge in [-0.3, -0.25) is 9.36 Å². The van der Waals surface area contributed by atoms with Gasteiger partial charge in [-0.15, -0.1) is 16.8 Å². The van der Waals surface area contributed by atoms with E-state index in [0.717, 1.165) is 17.7 Å². The number of methoxy groups -OCH3 is 1. The Balaban J connectivity index is 1.90. The van der Waals surface area contributed by atoms with E-state index in [-0.39, 0.29) is 11.3 Å². The van der Waals surface area contributed by atoms with Crippen molar-refractivity contribution in [3.05, 3.63) is 72.3 Å². The molecule has 1 atom stereocenters. The molecule has 150 valence electrons. The Morgan fingerprint density at radius 2 is 2.00 bits per heavy atom. The van der Waals surface area contributed by atoms with Crippen LogP contribution in [0, 0.1) is 11.6 Å². The van der Waals surface area contributed by atoms with E-state index in [0.29, 0.717) is 23.3 Å². The van der Waals surface area contributed by atoms with Crippen molar-refractivity contribution in [3.8, 4) is 17.1 Å². The van der Waals surface area contributed by atoms with Crippen LogP contribution in [-0.4, -0.2) is 32.9 Å². The highest BCUT2D eigenvalue weighted by Crippen LogP contribution is 2.32. The summed E-state index contributed by atoms with van der Waals surface area (Å²) in [5, 5.41) is 8.41. The fourth-order valence-electron chi connectivity index (χ4n) is 2.79. The number of ketones is 1. The van der Waals surface area contributed by atoms with Crippen LogP contribution in [0.2, 0.25) is 0 Å². The molecule has 0 spiro atoms. The fourth-order valence-corrected chi connectivity index (χ4v) is 3.73. The molecule has 0 amide bonds. The van der Waals surface area contributed by atoms with E-state index in [9.17, 15) is 13.6 Å². The third-order valence-corrected chi connectivity index (χ3v) is 5.31. The third kappa shape index (κ3) is 4.37. The van der Waals surface area contributed by atoms with Gasteiger partial charge in [0, 0.05) is 12.1 Å². The van der Waals surface area contributed by atoms with Gasteiger partial charge in [0.05, 0.1) is 17.9 Å². The Morgan fingerprint density at radius 1 is 1.24 bits per heavy atom. The monoisotopic (exact) mass is 415 g/mol. The summed E-state index contributed by atoms with van der Waals surface area (Å²) in [4.78, 5) is 12.7. The SMILES string of the molecule is C=CCn1c(S[C@H](C)C(=O)c2ccc(F)c(F)c2)nnc1-c1ccccc1OC. The number of ether oxygens (including phenoxy) is 1. The van der Waals surface area contributed by atoms with Gasteiger partial charge < -0.3 is 4.74 Å². The lowest BCUT2D eigenvalue weighted by atomic mass is 10.1. The molecular weight excluding hydrogens is 396 g/mol. The number of halogens is 2. The van der Waals surface area contributed by atoms with E-state index in [1.807, 2.05) is 28.8 Å². The summed E-state index contributed by atoms with van der Waals surface area (Å²) in [5.41, 5.74) is 0.861. The number of nitrogens with zero attached hydrogens (tertiary/aromatic N) is 3. The molecule has 2 aromatic carbocycles. The lowest BCUT2D eigenvalue weighted by molar-refractivity contribution is 0.0993. The number of carbonyl (C=O) groups is 1. The summed E-state index contributed by atoms with van der Waals surface area (Å²) < 4.78 is 33.8. The maximum atomic E-state index is 13.5. The van der Waals surface area contributed by atoms with Gasteiger partial charge in [-0.25, -0.2) is 8.78 Å². The fraction of sp³-hybridized carbons (Fsp3) is 0.190. The van der Waals surface area contributed by atoms with Crippen molar-refractivity contribution in [2.75, 3.05) is 7.11 Å². The summed E-state index contributed by atoms with van der Waals surface area (Å²) in [6.45, 7) is 5.88. The minimum atomic E-state index is -1.05. The molecule has 0 radical (unpaired) electrons. The molecule has 0 aliphatic carbocycles. The van der Waals surface area contributed by atoms with E-state index < -0.39 is 16.9 Å². The molecule has 1 aromatic heterocycles. The van der Waals surface area contributed by atoms with Crippen LogP contribution in [0.3, 0.4) is 0 Å². The predicted molar refractivity (Wildman–Crippen MR) is 108 cm³/mol. The van der Waals surface area contributed by atoms with Crippen LogP contribution >= 0.6 is 11.8 Å². The highest BCUT2D eigenvalue weighted by atomic mass is 32.2. The highest BCUT2D eigenvalue weighted by molar-refractivity contribution is 8.00. The van der Waals surface area contributed by atoms with Gasteiger partial charge in [0.2, 0.25) is 0 Å². The maximum Gasteiger partial charge on any atom is 0.192 e. The molecule has 1 heterocycles. The molecule has 0 saturated carbocycles. The van der Waals surface area contributed by atoms with Crippen molar-refractivity contribution in [3.63, 3.8) is 0 Å². The Morgan fingerprint density at radius 3 is 2.69 bits per heavy atom. The summed E-state index contributed by atoms with van der Waals surface area (Å²) >= 11 is 1.19. The first-order valence-corrected chi connectivity index (χ1v) is 9.67. The van der Waals surface area contributed by atoms with E-state index >= 15 is 0 Å². The smallest absolute Gasteiger partial charge is 0.192 e. The molecule has 29 heavy (non-hydrogen) atoms. The highest BCUT2D eigenvalue weighted by Gasteiger charge is 2.23. The minimum Gasteiger partial charge on any atom is -0.496 e. The molecule has 5 nitrogen and oxygen atoms in total. The van der Waals surface area contributed by atoms with Crippen LogP contribution in [0.25, 0.3) is 11.4 Å². The van der Waals surface area contributed by atoms with Crippen molar-refractivity contribution in [1.29, 1.82) is 0 Å². The largest absolute Gasteiger partial charge is 0.496 e. The number of hydrogen-bond donors (Lipinski definition) is 0. The standard InChI is InChI=1S/C21H19F2N3O2S/c1-4-11-26-20(15-7-5-6-8-18(15)28-3)24-25-21(26)29-13(2)19(27)14-9-10-16(22)17(23)12-14/h4-10,12-13H,1,11H2,2-3H3/t13-/m1/s1. The third-order valence-electron chi connectivity index (χ3n) is 4.23. The van der Waals surface area contributed by atoms with Crippen LogP contribution in [0.15, 0.2) is 60.3 Å². The first-order valence-electron chi connectivity index (χ1n) is 8.79. The predicted octanol–water partition coefficient (Wildman–Crippen LogP) is 4.78. The molecule has 3 aromatic rings. The van der Waals surface area contributed by atoms with E-state index in [2.05, 4.69) is 16.8 Å². The zero-order valence-electron chi connectivity index (χ0n) is 15.9. The van der Waals surface area contributed by atoms with E-state index in [4.69, 9.17) is 4.74 Å². The minimum absolute atomic E-state index is 0.101. The van der Waals surface area contributed by atoms with E-state index in [1.165, 1.54) is 17.8 Å². The Kier molecular flexibility index (Phi) is 6.43. The van der Waals surface area contributed by atoms with Gasteiger partial charge in [-0.2, -0.15) is 0 Å². The van der Waals surface area contributed by atoms with Gasteiger partial charge in [-0.05, 0) is 37.3 Å². The summed E-state index contributed by atoms with van der Waals surface area (Å²) in [5.74, 6) is -1.15. The number of allylic oxidation sites excluding steroid dienone is 1. The van der Waals surface area contributed by atoms with Crippen molar-refractivity contribution >= 4 is 17.5 Å². The summed E-state index contributed by atoms with van der Waals surface area (Å²) in [6, 6.07) is 10.5. The van der Waals surface area contributed by atoms with Crippen molar-refractivity contribution in [1.82, 2.24) is 14.8 Å². The van der Waals surface area contributed by atoms with Crippen molar-refractivity contribution < 1.29 is 18.3 Å². The van der Waals surface area contributed by atoms with Crippen LogP contribution < -0.4 is 4.74 Å². The molecule has 0 bridgehead atoms. The number of carbonyl (C=O) groups excluding carboxylic acids is 1. The van der Waals surface area contributed by atoms with Crippen molar-refractivity contribution in [2.45, 2.75) is 23.9 Å². The van der Waals surface area contributed by atoms with Gasteiger partial charge in [-0.1, -0.05) is 30.0 Å². The van der Waals surface area contributed by atoms with Crippen LogP contribution in [0.1, 0.15) is 17.3 Å². The summed E-state index contributed by atoms with van der Waals surface area (Å²) in [7, 11) is 1.57. The molecule has 0 saturated heterocycles. The topological polar surface area (TPSA) is 57.0 Å². The Labute approximate surface area is 171 Å². The average molecular weight is 415 g/mol. The molecule has 8 heteroatoms. The zero-order valence-corrected chi connectivity index (χ0v) is 16.7. The Hall–Kier alpha value is -3.00. The number of thioether (sulfide) groups is 1. The molecule has 0 aliphatic rings. The Bertz CT molecular complexity index is 1050. The van der Waals surface area contributed by atoms with Gasteiger partial charge >= 0.3 is 0 Å². The number of aromatic nitrogens is 3. The number of benzene rings is 2. The first kappa shape index (κ1) is 20.7. The number of hydrogen-bond acceptors (Lipinski definition) is 5. The second kappa shape index (κ2) is 9.00. The second-order valence-corrected chi connectivity index (χ2v) is 7.47. The second-order valence-electron chi connectivity index (χ2n) is 6.16. The molecule has 0 N–H and O–H groups in total. The lowest BCUT2D eigenvalue weighted by Crippen LogP contribution is -2.15. The average Bonchev–Trinajstić information content (AvgIpc) is 3.11. The number of para-hydroxylation sites is 1. The van der Waals surface area contributed by atoms with Gasteiger partial charge in [0.1, 0.15) is 5.75 Å². The van der Waals surface area contributed by atoms with E-state index in [1.54, 1.807) is 20.1 Å². The zero-order chi connectivity index (χ0) is 21.0. The van der Waals surface area contributed by atoms with Crippen LogP contribution in [-0.2, 0) is 6.54 Å². The molecule has 0 aliphatic heterocycles. The van der Waals surface area contributed by atoms with Crippen LogP contribution in [0.4, 0.5) is 8.78 Å². The van der Waals surface area contributed by atoms with Crippen molar-refractivity contribution in [2.24, 2.45) is 0 Å². The number of rotatable bonds is 8. The van der Waals surface area contributed by atoms with Gasteiger partial charge in [0.15, 0.2) is 28.4 Å². The quantitative estimate of drug-likeness (QED) is 0.301. The lowest BCUT2D eigenvalue weighted by Gasteiger charge is -2.13. The first-order chi connectivity index (χ1) is 14.0. The molecule has 0 fully saturated rings. The normalized spacial score (nSPS) is 11.9. The maximum absolute atomic E-state index is 13.5. The molecule has 0 unspecified atom stereocenters. The number of Topliss-reactive ketones (excluding diaryl/α,β-unsaturated/α-hetero) is 1. The molecular formula is C21H19F2N3O2S. The molecule has 3 rings (SSSR count). The summed E-state index contributed by atoms with van der Waals surface area (Å²) in [6.07, 6.45) is 1.70.